The average Bonchev–Trinajstić information content (AvgIpc) is 2.85. The van der Waals surface area contributed by atoms with Crippen molar-refractivity contribution < 1.29 is 21.6 Å². The molecular weight excluding hydrogens is 340 g/mol. The second kappa shape index (κ2) is 5.57. The third-order valence-electron chi connectivity index (χ3n) is 4.37. The Morgan fingerprint density at radius 3 is 2.65 bits per heavy atom. The van der Waals surface area contributed by atoms with Gasteiger partial charge in [0.15, 0.2) is 9.84 Å². The summed E-state index contributed by atoms with van der Waals surface area (Å²) in [5.41, 5.74) is 1.41. The average molecular weight is 358 g/mol. The monoisotopic (exact) mass is 358 g/mol. The van der Waals surface area contributed by atoms with Gasteiger partial charge in [-0.3, -0.25) is 4.79 Å². The second-order valence-electron chi connectivity index (χ2n) is 5.95. The molecule has 0 unspecified atom stereocenters. The number of carbonyl (C=O) groups excluding carboxylic acids is 1. The fourth-order valence-corrected chi connectivity index (χ4v) is 6.25. The zero-order valence-corrected chi connectivity index (χ0v) is 14.3. The van der Waals surface area contributed by atoms with Crippen LogP contribution in [0.4, 0.5) is 5.69 Å². The molecule has 1 saturated heterocycles. The van der Waals surface area contributed by atoms with E-state index in [1.165, 1.54) is 13.1 Å². The number of benzene rings is 1. The van der Waals surface area contributed by atoms with Gasteiger partial charge in [-0.05, 0) is 36.6 Å². The molecule has 23 heavy (non-hydrogen) atoms. The molecule has 0 spiro atoms. The van der Waals surface area contributed by atoms with Crippen LogP contribution in [0.2, 0.25) is 0 Å². The quantitative estimate of drug-likeness (QED) is 0.842. The molecule has 9 heteroatoms. The van der Waals surface area contributed by atoms with Crippen LogP contribution in [-0.4, -0.2) is 51.6 Å². The molecule has 0 aliphatic carbocycles. The Morgan fingerprint density at radius 1 is 1.26 bits per heavy atom. The molecule has 1 N–H and O–H groups in total. The van der Waals surface area contributed by atoms with Crippen molar-refractivity contribution in [1.82, 2.24) is 4.31 Å². The number of aryl methyl sites for hydroxylation is 1. The highest BCUT2D eigenvalue weighted by Crippen LogP contribution is 2.28. The van der Waals surface area contributed by atoms with Crippen molar-refractivity contribution in [2.24, 2.45) is 0 Å². The van der Waals surface area contributed by atoms with Gasteiger partial charge >= 0.3 is 0 Å². The van der Waals surface area contributed by atoms with E-state index in [-0.39, 0.29) is 22.3 Å². The van der Waals surface area contributed by atoms with Crippen molar-refractivity contribution in [3.05, 3.63) is 23.8 Å². The Kier molecular flexibility index (Phi) is 3.97. The van der Waals surface area contributed by atoms with Gasteiger partial charge in [0.2, 0.25) is 15.9 Å². The predicted molar refractivity (Wildman–Crippen MR) is 85.4 cm³/mol. The molecule has 2 aliphatic rings. The van der Waals surface area contributed by atoms with Crippen LogP contribution in [0, 0.1) is 0 Å². The topological polar surface area (TPSA) is 101 Å². The molecule has 1 aromatic carbocycles. The van der Waals surface area contributed by atoms with Gasteiger partial charge in [-0.25, -0.2) is 16.8 Å². The summed E-state index contributed by atoms with van der Waals surface area (Å²) in [5.74, 6) is -0.196. The minimum atomic E-state index is -3.76. The van der Waals surface area contributed by atoms with E-state index < -0.39 is 25.9 Å². The SMILES string of the molecule is CN([C@H]1CCS(=O)(=O)C1)S(=O)(=O)c1ccc2c(c1)CCC(=O)N2. The standard InChI is InChI=1S/C14H18N2O5S2/c1-16(11-6-7-22(18,19)9-11)23(20,21)12-3-4-13-10(8-12)2-5-14(17)15-13/h3-4,8,11H,2,5-7,9H2,1H3,(H,15,17)/t11-/m0/s1. The molecule has 1 amide bonds. The minimum Gasteiger partial charge on any atom is -0.326 e. The van der Waals surface area contributed by atoms with Crippen LogP contribution in [0.1, 0.15) is 18.4 Å². The van der Waals surface area contributed by atoms with Gasteiger partial charge in [0.1, 0.15) is 0 Å². The van der Waals surface area contributed by atoms with Crippen LogP contribution in [0.15, 0.2) is 23.1 Å². The number of fused-ring (bicyclic) bond motifs is 1. The van der Waals surface area contributed by atoms with Crippen LogP contribution < -0.4 is 5.32 Å². The number of sulfone groups is 1. The number of rotatable bonds is 3. The highest BCUT2D eigenvalue weighted by Gasteiger charge is 2.36. The van der Waals surface area contributed by atoms with Gasteiger partial charge in [0.05, 0.1) is 16.4 Å². The number of anilines is 1. The van der Waals surface area contributed by atoms with Crippen molar-refractivity contribution in [1.29, 1.82) is 0 Å². The summed E-state index contributed by atoms with van der Waals surface area (Å²) < 4.78 is 49.7. The molecule has 2 heterocycles. The Bertz CT molecular complexity index is 861. The number of sulfonamides is 1. The van der Waals surface area contributed by atoms with Gasteiger partial charge in [0, 0.05) is 25.2 Å². The maximum absolute atomic E-state index is 12.7. The third-order valence-corrected chi connectivity index (χ3v) is 8.03. The highest BCUT2D eigenvalue weighted by molar-refractivity contribution is 7.92. The number of nitrogens with one attached hydrogen (secondary N) is 1. The lowest BCUT2D eigenvalue weighted by molar-refractivity contribution is -0.116. The van der Waals surface area contributed by atoms with Crippen LogP contribution in [0.5, 0.6) is 0 Å². The van der Waals surface area contributed by atoms with Crippen molar-refractivity contribution in [2.75, 3.05) is 23.9 Å². The first-order valence-electron chi connectivity index (χ1n) is 7.30. The van der Waals surface area contributed by atoms with Crippen molar-refractivity contribution in [2.45, 2.75) is 30.2 Å². The third kappa shape index (κ3) is 3.13. The molecule has 1 fully saturated rings. The first-order valence-corrected chi connectivity index (χ1v) is 10.6. The minimum absolute atomic E-state index is 0.0216. The lowest BCUT2D eigenvalue weighted by Gasteiger charge is -2.24. The maximum atomic E-state index is 12.7. The van der Waals surface area contributed by atoms with E-state index in [1.54, 1.807) is 12.1 Å². The predicted octanol–water partition coefficient (Wildman–Crippen LogP) is 0.379. The Morgan fingerprint density at radius 2 is 2.00 bits per heavy atom. The molecule has 7 nitrogen and oxygen atoms in total. The van der Waals surface area contributed by atoms with E-state index in [9.17, 15) is 21.6 Å². The number of carbonyl (C=O) groups is 1. The first kappa shape index (κ1) is 16.4. The van der Waals surface area contributed by atoms with E-state index in [0.717, 1.165) is 9.87 Å². The summed E-state index contributed by atoms with van der Waals surface area (Å²) in [7, 11) is -5.50. The highest BCUT2D eigenvalue weighted by atomic mass is 32.2. The van der Waals surface area contributed by atoms with Crippen LogP contribution >= 0.6 is 0 Å². The van der Waals surface area contributed by atoms with Crippen molar-refractivity contribution in [3.63, 3.8) is 0 Å². The van der Waals surface area contributed by atoms with Gasteiger partial charge in [-0.15, -0.1) is 0 Å². The van der Waals surface area contributed by atoms with Gasteiger partial charge < -0.3 is 5.32 Å². The maximum Gasteiger partial charge on any atom is 0.243 e. The molecule has 126 valence electrons. The molecule has 3 rings (SSSR count). The van der Waals surface area contributed by atoms with Crippen molar-refractivity contribution in [3.8, 4) is 0 Å². The summed E-state index contributed by atoms with van der Waals surface area (Å²) in [6.07, 6.45) is 1.14. The van der Waals surface area contributed by atoms with Gasteiger partial charge in [0.25, 0.3) is 0 Å². The molecule has 1 aromatic rings. The second-order valence-corrected chi connectivity index (χ2v) is 10.2. The lowest BCUT2D eigenvalue weighted by atomic mass is 10.0. The van der Waals surface area contributed by atoms with Crippen LogP contribution in [0.25, 0.3) is 0 Å². The largest absolute Gasteiger partial charge is 0.326 e. The van der Waals surface area contributed by atoms with Gasteiger partial charge in [-0.2, -0.15) is 4.31 Å². The van der Waals surface area contributed by atoms with E-state index in [2.05, 4.69) is 5.32 Å². The van der Waals surface area contributed by atoms with E-state index >= 15 is 0 Å². The van der Waals surface area contributed by atoms with Crippen LogP contribution in [-0.2, 0) is 31.1 Å². The molecule has 0 bridgehead atoms. The molecule has 0 aromatic heterocycles. The summed E-state index contributed by atoms with van der Waals surface area (Å²) in [4.78, 5) is 11.5. The first-order chi connectivity index (χ1) is 10.7. The summed E-state index contributed by atoms with van der Waals surface area (Å²) in [6.45, 7) is 0. The summed E-state index contributed by atoms with van der Waals surface area (Å²) in [5, 5.41) is 2.71. The molecule has 0 saturated carbocycles. The molecular formula is C14H18N2O5S2. The zero-order chi connectivity index (χ0) is 16.8. The Hall–Kier alpha value is -1.45. The van der Waals surface area contributed by atoms with E-state index in [0.29, 0.717) is 24.9 Å². The molecule has 1 atom stereocenters. The summed E-state index contributed by atoms with van der Waals surface area (Å²) in [6, 6.07) is 4.06. The van der Waals surface area contributed by atoms with Crippen LogP contribution in [0.3, 0.4) is 0 Å². The molecule has 0 radical (unpaired) electrons. The zero-order valence-electron chi connectivity index (χ0n) is 12.6. The Balaban J connectivity index is 1.89. The van der Waals surface area contributed by atoms with Crippen molar-refractivity contribution >= 4 is 31.5 Å². The Labute approximate surface area is 135 Å². The summed E-state index contributed by atoms with van der Waals surface area (Å²) >= 11 is 0. The number of amides is 1. The fourth-order valence-electron chi connectivity index (χ4n) is 2.94. The normalized spacial score (nSPS) is 23.6. The van der Waals surface area contributed by atoms with E-state index in [4.69, 9.17) is 0 Å². The van der Waals surface area contributed by atoms with E-state index in [1.807, 2.05) is 0 Å². The number of hydrogen-bond acceptors (Lipinski definition) is 5. The lowest BCUT2D eigenvalue weighted by Crippen LogP contribution is -2.37. The van der Waals surface area contributed by atoms with Gasteiger partial charge in [-0.1, -0.05) is 0 Å². The number of nitrogens with zero attached hydrogens (tertiary/aromatic N) is 1. The fraction of sp³-hybridized carbons (Fsp3) is 0.500. The molecule has 2 aliphatic heterocycles. The number of hydrogen-bond donors (Lipinski definition) is 1. The smallest absolute Gasteiger partial charge is 0.243 e.